The van der Waals surface area contributed by atoms with Crippen LogP contribution in [0.3, 0.4) is 0 Å². The Labute approximate surface area is 171 Å². The topological polar surface area (TPSA) is 41.6 Å². The second kappa shape index (κ2) is 14.2. The summed E-state index contributed by atoms with van der Waals surface area (Å²) in [4.78, 5) is 11.5. The monoisotopic (exact) mass is 383 g/mol. The van der Waals surface area contributed by atoms with E-state index < -0.39 is 0 Å². The number of rotatable bonds is 15. The fourth-order valence-electron chi connectivity index (χ4n) is 2.89. The second-order valence-electron chi connectivity index (χ2n) is 7.54. The van der Waals surface area contributed by atoms with Gasteiger partial charge in [-0.2, -0.15) is 0 Å². The van der Waals surface area contributed by atoms with Crippen LogP contribution >= 0.6 is 0 Å². The van der Waals surface area contributed by atoms with Gasteiger partial charge in [-0.15, -0.1) is 0 Å². The fraction of sp³-hybridized carbons (Fsp3) is 0.560. The normalized spacial score (nSPS) is 22.5. The van der Waals surface area contributed by atoms with Crippen molar-refractivity contribution in [3.05, 3.63) is 60.8 Å². The van der Waals surface area contributed by atoms with E-state index in [1.807, 2.05) is 0 Å². The molecule has 2 atom stereocenters. The van der Waals surface area contributed by atoms with Crippen molar-refractivity contribution < 1.29 is 9.53 Å². The molecule has 1 N–H and O–H groups in total. The predicted molar refractivity (Wildman–Crippen MR) is 118 cm³/mol. The molecule has 1 saturated carbocycles. The van der Waals surface area contributed by atoms with Gasteiger partial charge in [0.1, 0.15) is 0 Å². The molecule has 1 heterocycles. The highest BCUT2D eigenvalue weighted by atomic mass is 16.6. The molecule has 2 unspecified atom stereocenters. The van der Waals surface area contributed by atoms with Crippen LogP contribution in [0.25, 0.3) is 0 Å². The molecule has 0 spiro atoms. The Morgan fingerprint density at radius 3 is 1.93 bits per heavy atom. The smallest absolute Gasteiger partial charge is 0.220 e. The SMILES string of the molecule is CC/C=C\C/C=C\C/C=C\CC1OC1CC=CCC=CCCC(=O)NC1CC1. The molecule has 3 nitrogen and oxygen atoms in total. The van der Waals surface area contributed by atoms with Crippen molar-refractivity contribution in [1.29, 1.82) is 0 Å². The van der Waals surface area contributed by atoms with E-state index >= 15 is 0 Å². The summed E-state index contributed by atoms with van der Waals surface area (Å²) < 4.78 is 5.71. The van der Waals surface area contributed by atoms with Crippen LogP contribution in [0, 0.1) is 0 Å². The van der Waals surface area contributed by atoms with E-state index in [0.717, 1.165) is 57.8 Å². The molecule has 1 aliphatic heterocycles. The van der Waals surface area contributed by atoms with Crippen LogP contribution in [-0.2, 0) is 9.53 Å². The highest BCUT2D eigenvalue weighted by molar-refractivity contribution is 5.76. The molecule has 28 heavy (non-hydrogen) atoms. The van der Waals surface area contributed by atoms with Crippen molar-refractivity contribution in [2.75, 3.05) is 0 Å². The van der Waals surface area contributed by atoms with Gasteiger partial charge < -0.3 is 10.1 Å². The molecule has 154 valence electrons. The van der Waals surface area contributed by atoms with E-state index in [4.69, 9.17) is 4.74 Å². The maximum absolute atomic E-state index is 11.5. The molecule has 0 bridgehead atoms. The number of nitrogens with one attached hydrogen (secondary N) is 1. The number of carbonyl (C=O) groups is 1. The standard InChI is InChI=1S/C25H37NO2/c1-2-3-4-5-6-7-8-11-14-17-23-24(28-23)18-15-12-9-10-13-16-19-25(27)26-22-20-21-22/h3-4,6-7,10-15,22-24H,2,5,8-9,16-21H2,1H3,(H,26,27)/b4-3-,7-6-,13-10?,14-11-,15-12?. The van der Waals surface area contributed by atoms with Gasteiger partial charge >= 0.3 is 0 Å². The molecule has 1 aliphatic carbocycles. The van der Waals surface area contributed by atoms with Crippen molar-refractivity contribution in [2.45, 2.75) is 89.4 Å². The van der Waals surface area contributed by atoms with Crippen molar-refractivity contribution in [3.63, 3.8) is 0 Å². The zero-order chi connectivity index (χ0) is 19.9. The molecule has 2 rings (SSSR count). The van der Waals surface area contributed by atoms with E-state index in [0.29, 0.717) is 24.7 Å². The fourth-order valence-corrected chi connectivity index (χ4v) is 2.89. The van der Waals surface area contributed by atoms with E-state index in [1.165, 1.54) is 0 Å². The first-order valence-corrected chi connectivity index (χ1v) is 11.0. The van der Waals surface area contributed by atoms with Crippen molar-refractivity contribution in [3.8, 4) is 0 Å². The maximum atomic E-state index is 11.5. The number of hydrogen-bond acceptors (Lipinski definition) is 2. The lowest BCUT2D eigenvalue weighted by atomic mass is 10.1. The van der Waals surface area contributed by atoms with E-state index in [1.54, 1.807) is 0 Å². The van der Waals surface area contributed by atoms with Crippen molar-refractivity contribution >= 4 is 5.91 Å². The van der Waals surface area contributed by atoms with Gasteiger partial charge in [-0.3, -0.25) is 4.79 Å². The van der Waals surface area contributed by atoms with Crippen LogP contribution < -0.4 is 5.32 Å². The zero-order valence-corrected chi connectivity index (χ0v) is 17.4. The Kier molecular flexibility index (Phi) is 11.3. The first-order chi connectivity index (χ1) is 13.8. The molecular formula is C25H37NO2. The first-order valence-electron chi connectivity index (χ1n) is 11.0. The Hall–Kier alpha value is -1.87. The Balaban J connectivity index is 1.40. The molecule has 2 fully saturated rings. The largest absolute Gasteiger partial charge is 0.369 e. The number of amides is 1. The summed E-state index contributed by atoms with van der Waals surface area (Å²) in [5.41, 5.74) is 0. The van der Waals surface area contributed by atoms with Gasteiger partial charge in [0.05, 0.1) is 12.2 Å². The highest BCUT2D eigenvalue weighted by Gasteiger charge is 2.35. The number of allylic oxidation sites excluding steroid dienone is 8. The summed E-state index contributed by atoms with van der Waals surface area (Å²) in [7, 11) is 0. The lowest BCUT2D eigenvalue weighted by Crippen LogP contribution is -2.24. The summed E-state index contributed by atoms with van der Waals surface area (Å²) in [6.07, 6.45) is 32.6. The molecule has 1 saturated heterocycles. The Morgan fingerprint density at radius 2 is 1.36 bits per heavy atom. The van der Waals surface area contributed by atoms with E-state index in [-0.39, 0.29) is 5.91 Å². The molecular weight excluding hydrogens is 346 g/mol. The highest BCUT2D eigenvalue weighted by Crippen LogP contribution is 2.29. The number of carbonyl (C=O) groups excluding carboxylic acids is 1. The molecule has 0 aromatic heterocycles. The minimum atomic E-state index is 0.189. The van der Waals surface area contributed by atoms with Gasteiger partial charge in [-0.1, -0.05) is 67.7 Å². The van der Waals surface area contributed by atoms with Crippen LogP contribution in [0.4, 0.5) is 0 Å². The van der Waals surface area contributed by atoms with Crippen LogP contribution in [0.5, 0.6) is 0 Å². The first kappa shape index (κ1) is 22.4. The van der Waals surface area contributed by atoms with Gasteiger partial charge in [-0.05, 0) is 57.8 Å². The Bertz CT molecular complexity index is 581. The average Bonchev–Trinajstić information content (AvgIpc) is 3.60. The van der Waals surface area contributed by atoms with Crippen molar-refractivity contribution in [2.24, 2.45) is 0 Å². The van der Waals surface area contributed by atoms with E-state index in [9.17, 15) is 4.79 Å². The quantitative estimate of drug-likeness (QED) is 0.280. The van der Waals surface area contributed by atoms with Crippen molar-refractivity contribution in [1.82, 2.24) is 5.32 Å². The maximum Gasteiger partial charge on any atom is 0.220 e. The number of epoxide rings is 1. The minimum Gasteiger partial charge on any atom is -0.369 e. The molecule has 3 heteroatoms. The summed E-state index contributed by atoms with van der Waals surface area (Å²) in [6.45, 7) is 2.16. The van der Waals surface area contributed by atoms with E-state index in [2.05, 4.69) is 73.0 Å². The van der Waals surface area contributed by atoms with Gasteiger partial charge in [0.2, 0.25) is 5.91 Å². The van der Waals surface area contributed by atoms with Gasteiger partial charge in [0.25, 0.3) is 0 Å². The molecule has 1 amide bonds. The van der Waals surface area contributed by atoms with Gasteiger partial charge in [0, 0.05) is 12.5 Å². The second-order valence-corrected chi connectivity index (χ2v) is 7.54. The van der Waals surface area contributed by atoms with Crippen LogP contribution in [0.15, 0.2) is 60.8 Å². The van der Waals surface area contributed by atoms with Crippen LogP contribution in [0.2, 0.25) is 0 Å². The predicted octanol–water partition coefficient (Wildman–Crippen LogP) is 5.95. The summed E-state index contributed by atoms with van der Waals surface area (Å²) in [5, 5.41) is 3.01. The number of ether oxygens (including phenoxy) is 1. The molecule has 2 aliphatic rings. The third-order valence-corrected chi connectivity index (χ3v) is 4.79. The molecule has 0 radical (unpaired) electrons. The summed E-state index contributed by atoms with van der Waals surface area (Å²) in [5.74, 6) is 0.189. The van der Waals surface area contributed by atoms with Gasteiger partial charge in [0.15, 0.2) is 0 Å². The molecule has 0 aromatic carbocycles. The summed E-state index contributed by atoms with van der Waals surface area (Å²) >= 11 is 0. The number of hydrogen-bond donors (Lipinski definition) is 1. The van der Waals surface area contributed by atoms with Gasteiger partial charge in [-0.25, -0.2) is 0 Å². The zero-order valence-electron chi connectivity index (χ0n) is 17.4. The summed E-state index contributed by atoms with van der Waals surface area (Å²) in [6, 6.07) is 0.471. The lowest BCUT2D eigenvalue weighted by molar-refractivity contribution is -0.121. The average molecular weight is 384 g/mol. The minimum absolute atomic E-state index is 0.189. The molecule has 0 aromatic rings. The third kappa shape index (κ3) is 11.8. The van der Waals surface area contributed by atoms with Crippen LogP contribution in [-0.4, -0.2) is 24.2 Å². The lowest BCUT2D eigenvalue weighted by Gasteiger charge is -1.99. The Morgan fingerprint density at radius 1 is 0.821 bits per heavy atom. The third-order valence-electron chi connectivity index (χ3n) is 4.79. The van der Waals surface area contributed by atoms with Crippen LogP contribution in [0.1, 0.15) is 71.1 Å².